The van der Waals surface area contributed by atoms with Gasteiger partial charge < -0.3 is 15.5 Å². The summed E-state index contributed by atoms with van der Waals surface area (Å²) in [6.07, 6.45) is 6.79. The molecule has 0 spiro atoms. The van der Waals surface area contributed by atoms with Gasteiger partial charge in [0.25, 0.3) is 0 Å². The van der Waals surface area contributed by atoms with E-state index in [0.29, 0.717) is 5.96 Å². The number of nitrogens with zero attached hydrogens (tertiary/aromatic N) is 4. The summed E-state index contributed by atoms with van der Waals surface area (Å²) in [4.78, 5) is 18.5. The molecule has 2 heterocycles. The van der Waals surface area contributed by atoms with E-state index in [1.54, 1.807) is 6.20 Å². The van der Waals surface area contributed by atoms with Crippen LogP contribution >= 0.6 is 24.0 Å². The Morgan fingerprint density at radius 2 is 1.93 bits per heavy atom. The molecule has 0 aliphatic carbocycles. The first kappa shape index (κ1) is 22.2. The fourth-order valence-corrected chi connectivity index (χ4v) is 3.12. The normalized spacial score (nSPS) is 13.9. The van der Waals surface area contributed by atoms with Gasteiger partial charge in [0.05, 0.1) is 5.69 Å². The molecule has 0 unspecified atom stereocenters. The molecule has 3 rings (SSSR count). The van der Waals surface area contributed by atoms with Gasteiger partial charge in [-0.1, -0.05) is 12.1 Å². The molecule has 1 aromatic carbocycles. The van der Waals surface area contributed by atoms with E-state index in [1.807, 2.05) is 28.8 Å². The summed E-state index contributed by atoms with van der Waals surface area (Å²) in [5.74, 6) is 0.803. The van der Waals surface area contributed by atoms with Crippen molar-refractivity contribution in [1.29, 1.82) is 0 Å². The molecule has 1 amide bonds. The average molecular weight is 496 g/mol. The Kier molecular flexibility index (Phi) is 9.26. The molecule has 28 heavy (non-hydrogen) atoms. The van der Waals surface area contributed by atoms with Gasteiger partial charge >= 0.3 is 0 Å². The first-order valence-electron chi connectivity index (χ1n) is 9.65. The Morgan fingerprint density at radius 3 is 2.57 bits per heavy atom. The zero-order valence-corrected chi connectivity index (χ0v) is 18.6. The lowest BCUT2D eigenvalue weighted by Gasteiger charge is -2.15. The number of rotatable bonds is 7. The third-order valence-electron chi connectivity index (χ3n) is 4.59. The summed E-state index contributed by atoms with van der Waals surface area (Å²) in [5, 5.41) is 10.7. The molecule has 2 N–H and O–H groups in total. The van der Waals surface area contributed by atoms with Crippen LogP contribution < -0.4 is 10.6 Å². The molecule has 7 nitrogen and oxygen atoms in total. The third kappa shape index (κ3) is 6.50. The molecule has 0 atom stereocenters. The quantitative estimate of drug-likeness (QED) is 0.350. The van der Waals surface area contributed by atoms with Crippen molar-refractivity contribution in [2.24, 2.45) is 4.99 Å². The second kappa shape index (κ2) is 11.7. The van der Waals surface area contributed by atoms with Crippen LogP contribution in [0.5, 0.6) is 0 Å². The first-order valence-corrected chi connectivity index (χ1v) is 9.65. The van der Waals surface area contributed by atoms with E-state index in [1.165, 1.54) is 5.56 Å². The number of hydrogen-bond acceptors (Lipinski definition) is 3. The largest absolute Gasteiger partial charge is 0.357 e. The second-order valence-corrected chi connectivity index (χ2v) is 6.58. The lowest BCUT2D eigenvalue weighted by Crippen LogP contribution is -2.39. The van der Waals surface area contributed by atoms with E-state index in [4.69, 9.17) is 0 Å². The molecular formula is C20H29IN6O. The van der Waals surface area contributed by atoms with Crippen LogP contribution in [-0.4, -0.2) is 59.3 Å². The maximum atomic E-state index is 12.1. The molecule has 1 saturated heterocycles. The predicted octanol–water partition coefficient (Wildman–Crippen LogP) is 2.21. The molecule has 2 aromatic rings. The van der Waals surface area contributed by atoms with Crippen molar-refractivity contribution in [3.63, 3.8) is 0 Å². The molecular weight excluding hydrogens is 467 g/mol. The minimum atomic E-state index is 0. The number of aliphatic imine (C=N–C) groups is 1. The van der Waals surface area contributed by atoms with Gasteiger partial charge in [-0.3, -0.25) is 4.79 Å². The van der Waals surface area contributed by atoms with Crippen molar-refractivity contribution in [3.05, 3.63) is 48.3 Å². The fourth-order valence-electron chi connectivity index (χ4n) is 3.12. The highest BCUT2D eigenvalue weighted by Crippen LogP contribution is 2.09. The van der Waals surface area contributed by atoms with E-state index in [2.05, 4.69) is 45.0 Å². The summed E-state index contributed by atoms with van der Waals surface area (Å²) in [7, 11) is 0. The number of likely N-dealkylation sites (tertiary alicyclic amines) is 1. The van der Waals surface area contributed by atoms with Crippen molar-refractivity contribution in [2.75, 3.05) is 32.7 Å². The summed E-state index contributed by atoms with van der Waals surface area (Å²) < 4.78 is 1.84. The van der Waals surface area contributed by atoms with E-state index in [0.717, 1.165) is 51.1 Å². The highest BCUT2D eigenvalue weighted by atomic mass is 127. The summed E-state index contributed by atoms with van der Waals surface area (Å²) in [6.45, 7) is 5.48. The van der Waals surface area contributed by atoms with Crippen LogP contribution in [-0.2, 0) is 11.2 Å². The summed E-state index contributed by atoms with van der Waals surface area (Å²) in [6, 6.07) is 10.3. The molecule has 1 fully saturated rings. The highest BCUT2D eigenvalue weighted by Gasteiger charge is 2.17. The standard InChI is InChI=1S/C20H28N6O.HI/c1-2-21-20(23-16-19(27)25-13-3-4-14-25)22-12-10-17-6-8-18(9-7-17)26-15-5-11-24-26;/h5-9,11,15H,2-4,10,12-14,16H2,1H3,(H2,21,22,23);1H. The van der Waals surface area contributed by atoms with Crippen LogP contribution in [0.15, 0.2) is 47.7 Å². The molecule has 0 saturated carbocycles. The van der Waals surface area contributed by atoms with Crippen molar-refractivity contribution in [3.8, 4) is 5.69 Å². The molecule has 8 heteroatoms. The smallest absolute Gasteiger partial charge is 0.244 e. The van der Waals surface area contributed by atoms with Gasteiger partial charge in [0, 0.05) is 38.6 Å². The molecule has 1 aromatic heterocycles. The summed E-state index contributed by atoms with van der Waals surface area (Å²) in [5.41, 5.74) is 2.29. The lowest BCUT2D eigenvalue weighted by atomic mass is 10.1. The molecule has 152 valence electrons. The van der Waals surface area contributed by atoms with Crippen LogP contribution in [0.3, 0.4) is 0 Å². The topological polar surface area (TPSA) is 74.6 Å². The monoisotopic (exact) mass is 496 g/mol. The van der Waals surface area contributed by atoms with E-state index >= 15 is 0 Å². The fraction of sp³-hybridized carbons (Fsp3) is 0.450. The predicted molar refractivity (Wildman–Crippen MR) is 122 cm³/mol. The van der Waals surface area contributed by atoms with E-state index < -0.39 is 0 Å². The highest BCUT2D eigenvalue weighted by molar-refractivity contribution is 14.0. The number of benzene rings is 1. The van der Waals surface area contributed by atoms with Crippen molar-refractivity contribution >= 4 is 35.8 Å². The molecule has 1 aliphatic heterocycles. The third-order valence-corrected chi connectivity index (χ3v) is 4.59. The number of guanidine groups is 1. The minimum Gasteiger partial charge on any atom is -0.357 e. The SMILES string of the molecule is CCNC(=NCC(=O)N1CCCC1)NCCc1ccc(-n2cccn2)cc1.I. The van der Waals surface area contributed by atoms with Crippen LogP contribution in [0.1, 0.15) is 25.3 Å². The Bertz CT molecular complexity index is 739. The van der Waals surface area contributed by atoms with Gasteiger partial charge in [-0.05, 0) is 49.9 Å². The Hall–Kier alpha value is -2.10. The molecule has 1 aliphatic rings. The molecule has 0 bridgehead atoms. The average Bonchev–Trinajstić information content (AvgIpc) is 3.40. The second-order valence-electron chi connectivity index (χ2n) is 6.58. The van der Waals surface area contributed by atoms with Crippen LogP contribution in [0.2, 0.25) is 0 Å². The number of nitrogens with one attached hydrogen (secondary N) is 2. The van der Waals surface area contributed by atoms with Gasteiger partial charge in [-0.25, -0.2) is 9.67 Å². The number of aromatic nitrogens is 2. The Balaban J connectivity index is 0.00000280. The zero-order chi connectivity index (χ0) is 18.9. The van der Waals surface area contributed by atoms with E-state index in [9.17, 15) is 4.79 Å². The Labute approximate surface area is 183 Å². The number of hydrogen-bond donors (Lipinski definition) is 2. The van der Waals surface area contributed by atoms with Crippen LogP contribution in [0.25, 0.3) is 5.69 Å². The van der Waals surface area contributed by atoms with Gasteiger partial charge in [-0.2, -0.15) is 5.10 Å². The van der Waals surface area contributed by atoms with Crippen LogP contribution in [0.4, 0.5) is 0 Å². The van der Waals surface area contributed by atoms with Crippen molar-refractivity contribution in [2.45, 2.75) is 26.2 Å². The molecule has 0 radical (unpaired) electrons. The number of halogens is 1. The number of carbonyl (C=O) groups is 1. The maximum absolute atomic E-state index is 12.1. The van der Waals surface area contributed by atoms with Gasteiger partial charge in [0.15, 0.2) is 5.96 Å². The zero-order valence-electron chi connectivity index (χ0n) is 16.3. The number of carbonyl (C=O) groups excluding carboxylic acids is 1. The van der Waals surface area contributed by atoms with Gasteiger partial charge in [0.2, 0.25) is 5.91 Å². The van der Waals surface area contributed by atoms with Crippen LogP contribution in [0, 0.1) is 0 Å². The minimum absolute atomic E-state index is 0. The van der Waals surface area contributed by atoms with Crippen molar-refractivity contribution < 1.29 is 4.79 Å². The maximum Gasteiger partial charge on any atom is 0.244 e. The first-order chi connectivity index (χ1) is 13.3. The van der Waals surface area contributed by atoms with E-state index in [-0.39, 0.29) is 36.4 Å². The van der Waals surface area contributed by atoms with Crippen molar-refractivity contribution in [1.82, 2.24) is 25.3 Å². The van der Waals surface area contributed by atoms with Gasteiger partial charge in [0.1, 0.15) is 6.54 Å². The number of amides is 1. The Morgan fingerprint density at radius 1 is 1.18 bits per heavy atom. The lowest BCUT2D eigenvalue weighted by molar-refractivity contribution is -0.128. The van der Waals surface area contributed by atoms with Gasteiger partial charge in [-0.15, -0.1) is 24.0 Å². The summed E-state index contributed by atoms with van der Waals surface area (Å²) >= 11 is 0.